The van der Waals surface area contributed by atoms with Gasteiger partial charge in [-0.1, -0.05) is 0 Å². The molecular weight excluding hydrogens is 270 g/mol. The van der Waals surface area contributed by atoms with Gasteiger partial charge in [-0.05, 0) is 29.8 Å². The van der Waals surface area contributed by atoms with Crippen molar-refractivity contribution < 1.29 is 9.59 Å². The van der Waals surface area contributed by atoms with E-state index < -0.39 is 5.91 Å². The van der Waals surface area contributed by atoms with Gasteiger partial charge in [-0.25, -0.2) is 5.43 Å². The zero-order valence-corrected chi connectivity index (χ0v) is 11.1. The lowest BCUT2D eigenvalue weighted by Crippen LogP contribution is -2.34. The predicted molar refractivity (Wildman–Crippen MR) is 76.5 cm³/mol. The van der Waals surface area contributed by atoms with Crippen LogP contribution in [0.3, 0.4) is 0 Å². The third-order valence-corrected chi connectivity index (χ3v) is 2.44. The molecule has 106 valence electrons. The molecule has 0 aliphatic carbocycles. The zero-order valence-electron chi connectivity index (χ0n) is 11.1. The number of nitrogens with one attached hydrogen (secondary N) is 2. The average molecular weight is 283 g/mol. The van der Waals surface area contributed by atoms with Crippen LogP contribution >= 0.6 is 0 Å². The van der Waals surface area contributed by atoms with Gasteiger partial charge in [0, 0.05) is 24.8 Å². The second-order valence-corrected chi connectivity index (χ2v) is 4.00. The molecule has 0 aromatic carbocycles. The highest BCUT2D eigenvalue weighted by molar-refractivity contribution is 5.96. The van der Waals surface area contributed by atoms with E-state index in [-0.39, 0.29) is 12.5 Å². The minimum Gasteiger partial charge on any atom is -0.343 e. The number of carbonyl (C=O) groups is 2. The van der Waals surface area contributed by atoms with Crippen LogP contribution < -0.4 is 10.7 Å². The Bertz CT molecular complexity index is 628. The molecule has 2 N–H and O–H groups in total. The molecule has 2 amide bonds. The fourth-order valence-electron chi connectivity index (χ4n) is 1.43. The number of amides is 2. The van der Waals surface area contributed by atoms with Gasteiger partial charge in [0.2, 0.25) is 0 Å². The summed E-state index contributed by atoms with van der Waals surface area (Å²) in [5.74, 6) is -0.783. The third kappa shape index (κ3) is 4.83. The number of hydrazone groups is 1. The van der Waals surface area contributed by atoms with Crippen molar-refractivity contribution in [2.45, 2.75) is 0 Å². The summed E-state index contributed by atoms with van der Waals surface area (Å²) in [6.07, 6.45) is 7.73. The maximum absolute atomic E-state index is 11.7. The van der Waals surface area contributed by atoms with Gasteiger partial charge in [0.25, 0.3) is 11.8 Å². The number of aromatic nitrogens is 2. The van der Waals surface area contributed by atoms with Crippen molar-refractivity contribution in [2.24, 2.45) is 5.10 Å². The number of hydrogen-bond acceptors (Lipinski definition) is 5. The van der Waals surface area contributed by atoms with Crippen LogP contribution in [0.1, 0.15) is 15.9 Å². The molecule has 0 bridgehead atoms. The summed E-state index contributed by atoms with van der Waals surface area (Å²) in [4.78, 5) is 30.9. The normalized spacial score (nSPS) is 10.3. The van der Waals surface area contributed by atoms with Crippen LogP contribution in [0.5, 0.6) is 0 Å². The quantitative estimate of drug-likeness (QED) is 0.611. The predicted octanol–water partition coefficient (Wildman–Crippen LogP) is 0.357. The number of hydrogen-bond donors (Lipinski definition) is 2. The zero-order chi connectivity index (χ0) is 14.9. The van der Waals surface area contributed by atoms with Crippen molar-refractivity contribution in [1.29, 1.82) is 0 Å². The first-order valence-corrected chi connectivity index (χ1v) is 6.16. The van der Waals surface area contributed by atoms with Crippen molar-refractivity contribution in [3.63, 3.8) is 0 Å². The van der Waals surface area contributed by atoms with E-state index in [0.29, 0.717) is 5.56 Å². The molecule has 0 atom stereocenters. The minimum absolute atomic E-state index is 0.165. The van der Waals surface area contributed by atoms with Crippen molar-refractivity contribution in [2.75, 3.05) is 6.54 Å². The first kappa shape index (κ1) is 14.3. The molecule has 2 heterocycles. The van der Waals surface area contributed by atoms with Crippen LogP contribution in [0.15, 0.2) is 54.2 Å². The molecule has 0 aliphatic rings. The summed E-state index contributed by atoms with van der Waals surface area (Å²) in [5, 5.41) is 6.25. The van der Waals surface area contributed by atoms with Crippen LogP contribution in [0, 0.1) is 0 Å². The van der Waals surface area contributed by atoms with E-state index in [9.17, 15) is 9.59 Å². The van der Waals surface area contributed by atoms with E-state index in [1.54, 1.807) is 42.9 Å². The molecule has 0 fully saturated rings. The molecule has 7 heteroatoms. The van der Waals surface area contributed by atoms with Crippen LogP contribution in [-0.4, -0.2) is 34.5 Å². The Labute approximate surface area is 121 Å². The maximum Gasteiger partial charge on any atom is 0.259 e. The van der Waals surface area contributed by atoms with Crippen LogP contribution in [0.25, 0.3) is 0 Å². The topological polar surface area (TPSA) is 96.3 Å². The number of nitrogens with zero attached hydrogens (tertiary/aromatic N) is 3. The fraction of sp³-hybridized carbons (Fsp3) is 0.0714. The molecule has 0 aliphatic heterocycles. The van der Waals surface area contributed by atoms with Crippen LogP contribution in [0.4, 0.5) is 0 Å². The summed E-state index contributed by atoms with van der Waals surface area (Å²) in [5.41, 5.74) is 3.52. The standard InChI is InChI=1S/C14H13N5O2/c20-13(19-18-8-11-3-6-15-7-4-11)10-17-14(21)12-2-1-5-16-9-12/h1-9H,10H2,(H,17,21)(H,19,20)/b18-8-. The summed E-state index contributed by atoms with van der Waals surface area (Å²) in [7, 11) is 0. The molecule has 2 aromatic rings. The molecule has 0 saturated carbocycles. The van der Waals surface area contributed by atoms with E-state index in [1.165, 1.54) is 12.4 Å². The van der Waals surface area contributed by atoms with Gasteiger partial charge in [0.1, 0.15) is 0 Å². The second-order valence-electron chi connectivity index (χ2n) is 4.00. The molecule has 21 heavy (non-hydrogen) atoms. The van der Waals surface area contributed by atoms with Gasteiger partial charge < -0.3 is 5.32 Å². The van der Waals surface area contributed by atoms with E-state index in [1.807, 2.05) is 0 Å². The van der Waals surface area contributed by atoms with Crippen LogP contribution in [0.2, 0.25) is 0 Å². The van der Waals surface area contributed by atoms with Crippen molar-refractivity contribution in [3.05, 3.63) is 60.2 Å². The van der Waals surface area contributed by atoms with Gasteiger partial charge >= 0.3 is 0 Å². The lowest BCUT2D eigenvalue weighted by molar-refractivity contribution is -0.120. The third-order valence-electron chi connectivity index (χ3n) is 2.44. The Kier molecular flexibility index (Phi) is 5.11. The fourth-order valence-corrected chi connectivity index (χ4v) is 1.43. The molecule has 2 rings (SSSR count). The molecule has 0 radical (unpaired) electrons. The highest BCUT2D eigenvalue weighted by Gasteiger charge is 2.06. The Morgan fingerprint density at radius 1 is 1.14 bits per heavy atom. The second kappa shape index (κ2) is 7.49. The highest BCUT2D eigenvalue weighted by Crippen LogP contribution is 1.94. The summed E-state index contributed by atoms with van der Waals surface area (Å²) < 4.78 is 0. The molecule has 0 spiro atoms. The van der Waals surface area contributed by atoms with Gasteiger partial charge in [0.05, 0.1) is 18.3 Å². The van der Waals surface area contributed by atoms with Gasteiger partial charge in [-0.3, -0.25) is 19.6 Å². The first-order chi connectivity index (χ1) is 10.3. The summed E-state index contributed by atoms with van der Waals surface area (Å²) in [6, 6.07) is 6.76. The molecule has 0 unspecified atom stereocenters. The van der Waals surface area contributed by atoms with Gasteiger partial charge in [-0.2, -0.15) is 5.10 Å². The SMILES string of the molecule is O=C(CNC(=O)c1cccnc1)N/N=C\c1ccncc1. The number of carbonyl (C=O) groups excluding carboxylic acids is 2. The Morgan fingerprint density at radius 3 is 2.67 bits per heavy atom. The molecule has 0 saturated heterocycles. The Balaban J connectivity index is 1.75. The van der Waals surface area contributed by atoms with E-state index >= 15 is 0 Å². The van der Waals surface area contributed by atoms with Crippen molar-refractivity contribution in [1.82, 2.24) is 20.7 Å². The number of pyridine rings is 2. The van der Waals surface area contributed by atoms with E-state index in [0.717, 1.165) is 5.56 Å². The average Bonchev–Trinajstić information content (AvgIpc) is 2.54. The van der Waals surface area contributed by atoms with Gasteiger partial charge in [0.15, 0.2) is 0 Å². The largest absolute Gasteiger partial charge is 0.343 e. The van der Waals surface area contributed by atoms with Crippen molar-refractivity contribution >= 4 is 18.0 Å². The molecular formula is C14H13N5O2. The number of rotatable bonds is 5. The molecule has 7 nitrogen and oxygen atoms in total. The first-order valence-electron chi connectivity index (χ1n) is 6.16. The Hall–Kier alpha value is -3.09. The lowest BCUT2D eigenvalue weighted by Gasteiger charge is -2.03. The minimum atomic E-state index is -0.419. The molecule has 2 aromatic heterocycles. The maximum atomic E-state index is 11.7. The monoisotopic (exact) mass is 283 g/mol. The van der Waals surface area contributed by atoms with Crippen LogP contribution in [-0.2, 0) is 4.79 Å². The van der Waals surface area contributed by atoms with E-state index in [4.69, 9.17) is 0 Å². The highest BCUT2D eigenvalue weighted by atomic mass is 16.2. The van der Waals surface area contributed by atoms with E-state index in [2.05, 4.69) is 25.8 Å². The summed E-state index contributed by atoms with van der Waals surface area (Å²) in [6.45, 7) is -0.165. The van der Waals surface area contributed by atoms with Crippen molar-refractivity contribution in [3.8, 4) is 0 Å². The van der Waals surface area contributed by atoms with Gasteiger partial charge in [-0.15, -0.1) is 0 Å². The summed E-state index contributed by atoms with van der Waals surface area (Å²) >= 11 is 0. The Morgan fingerprint density at radius 2 is 1.95 bits per heavy atom. The lowest BCUT2D eigenvalue weighted by atomic mass is 10.3. The smallest absolute Gasteiger partial charge is 0.259 e.